The number of benzene rings is 1. The van der Waals surface area contributed by atoms with Crippen LogP contribution in [-0.4, -0.2) is 40.2 Å². The molecule has 3 rings (SSSR count). The van der Waals surface area contributed by atoms with Crippen molar-refractivity contribution in [2.75, 3.05) is 24.5 Å². The number of carbonyl (C=O) groups excluding carboxylic acids is 1. The lowest BCUT2D eigenvalue weighted by atomic mass is 10.1. The van der Waals surface area contributed by atoms with Crippen LogP contribution in [-0.2, 0) is 6.54 Å². The zero-order valence-electron chi connectivity index (χ0n) is 15.8. The molecule has 0 atom stereocenters. The first-order chi connectivity index (χ1) is 13.0. The van der Waals surface area contributed by atoms with Crippen LogP contribution in [0.1, 0.15) is 41.0 Å². The van der Waals surface area contributed by atoms with E-state index in [2.05, 4.69) is 15.3 Å². The Labute approximate surface area is 158 Å². The number of anilines is 1. The molecule has 0 aliphatic carbocycles. The van der Waals surface area contributed by atoms with Crippen LogP contribution in [0.2, 0.25) is 0 Å². The third-order valence-corrected chi connectivity index (χ3v) is 4.82. The second kappa shape index (κ2) is 8.20. The minimum Gasteiger partial charge on any atom is -0.371 e. The number of nitro groups is 1. The normalized spacial score (nSPS) is 13.8. The molecule has 1 aliphatic rings. The van der Waals surface area contributed by atoms with E-state index < -0.39 is 4.92 Å². The number of nitrogens with zero attached hydrogens (tertiary/aromatic N) is 4. The Balaban J connectivity index is 1.66. The van der Waals surface area contributed by atoms with E-state index in [9.17, 15) is 14.9 Å². The molecule has 144 valence electrons. The first kappa shape index (κ1) is 18.9. The summed E-state index contributed by atoms with van der Waals surface area (Å²) in [6.07, 6.45) is 2.88. The molecule has 1 N–H and O–H groups in total. The highest BCUT2D eigenvalue weighted by molar-refractivity contribution is 6.00. The fraction of sp³-hybridized carbons (Fsp3) is 0.474. The van der Waals surface area contributed by atoms with Gasteiger partial charge in [0, 0.05) is 44.0 Å². The lowest BCUT2D eigenvalue weighted by Gasteiger charge is -2.20. The first-order valence-corrected chi connectivity index (χ1v) is 9.28. The zero-order valence-corrected chi connectivity index (χ0v) is 15.8. The Morgan fingerprint density at radius 3 is 2.63 bits per heavy atom. The van der Waals surface area contributed by atoms with Gasteiger partial charge in [-0.2, -0.15) is 5.10 Å². The molecule has 1 fully saturated rings. The van der Waals surface area contributed by atoms with E-state index in [1.807, 2.05) is 24.6 Å². The monoisotopic (exact) mass is 371 g/mol. The standard InChI is InChI=1S/C19H25N5O3/c1-14-12-15(2)23(21-14)11-5-8-20-19(25)17-13-16(24(26)27)6-7-18(17)22-9-3-4-10-22/h6-7,12-13H,3-5,8-11H2,1-2H3,(H,20,25). The third kappa shape index (κ3) is 4.45. The fourth-order valence-corrected chi connectivity index (χ4v) is 3.48. The molecule has 2 aromatic rings. The van der Waals surface area contributed by atoms with Crippen molar-refractivity contribution < 1.29 is 9.72 Å². The van der Waals surface area contributed by atoms with E-state index in [1.54, 1.807) is 6.07 Å². The van der Waals surface area contributed by atoms with Gasteiger partial charge in [-0.3, -0.25) is 19.6 Å². The highest BCUT2D eigenvalue weighted by atomic mass is 16.6. The van der Waals surface area contributed by atoms with Crippen LogP contribution >= 0.6 is 0 Å². The zero-order chi connectivity index (χ0) is 19.4. The van der Waals surface area contributed by atoms with Gasteiger partial charge >= 0.3 is 0 Å². The average molecular weight is 371 g/mol. The molecule has 1 amide bonds. The Morgan fingerprint density at radius 1 is 1.26 bits per heavy atom. The van der Waals surface area contributed by atoms with Crippen LogP contribution in [0.5, 0.6) is 0 Å². The minimum absolute atomic E-state index is 0.0641. The third-order valence-electron chi connectivity index (χ3n) is 4.82. The van der Waals surface area contributed by atoms with Crippen LogP contribution in [0.15, 0.2) is 24.3 Å². The van der Waals surface area contributed by atoms with Crippen molar-refractivity contribution in [3.8, 4) is 0 Å². The predicted octanol–water partition coefficient (Wildman–Crippen LogP) is 2.83. The number of carbonyl (C=O) groups is 1. The summed E-state index contributed by atoms with van der Waals surface area (Å²) in [5.41, 5.74) is 3.15. The quantitative estimate of drug-likeness (QED) is 0.459. The molecule has 0 bridgehead atoms. The number of hydrogen-bond donors (Lipinski definition) is 1. The van der Waals surface area contributed by atoms with E-state index >= 15 is 0 Å². The number of nitrogens with one attached hydrogen (secondary N) is 1. The molecule has 1 saturated heterocycles. The van der Waals surface area contributed by atoms with E-state index in [-0.39, 0.29) is 11.6 Å². The highest BCUT2D eigenvalue weighted by Crippen LogP contribution is 2.28. The van der Waals surface area contributed by atoms with Crippen LogP contribution in [0.25, 0.3) is 0 Å². The number of amides is 1. The first-order valence-electron chi connectivity index (χ1n) is 9.28. The van der Waals surface area contributed by atoms with Crippen molar-refractivity contribution in [1.29, 1.82) is 0 Å². The molecular formula is C19H25N5O3. The largest absolute Gasteiger partial charge is 0.371 e. The van der Waals surface area contributed by atoms with Crippen molar-refractivity contribution in [3.05, 3.63) is 51.3 Å². The fourth-order valence-electron chi connectivity index (χ4n) is 3.48. The summed E-state index contributed by atoms with van der Waals surface area (Å²) in [7, 11) is 0. The summed E-state index contributed by atoms with van der Waals surface area (Å²) in [6, 6.07) is 6.55. The molecule has 1 aromatic heterocycles. The summed E-state index contributed by atoms with van der Waals surface area (Å²) in [6.45, 7) is 6.90. The summed E-state index contributed by atoms with van der Waals surface area (Å²) >= 11 is 0. The minimum atomic E-state index is -0.465. The Morgan fingerprint density at radius 2 is 2.00 bits per heavy atom. The van der Waals surface area contributed by atoms with Gasteiger partial charge in [-0.05, 0) is 45.2 Å². The van der Waals surface area contributed by atoms with E-state index in [4.69, 9.17) is 0 Å². The molecule has 0 spiro atoms. The molecule has 0 unspecified atom stereocenters. The SMILES string of the molecule is Cc1cc(C)n(CCCNC(=O)c2cc([N+](=O)[O-])ccc2N2CCCC2)n1. The summed E-state index contributed by atoms with van der Waals surface area (Å²) in [5.74, 6) is -0.269. The Bertz CT molecular complexity index is 840. The van der Waals surface area contributed by atoms with Crippen molar-refractivity contribution >= 4 is 17.3 Å². The van der Waals surface area contributed by atoms with Gasteiger partial charge in [-0.15, -0.1) is 0 Å². The van der Waals surface area contributed by atoms with Crippen molar-refractivity contribution in [2.24, 2.45) is 0 Å². The van der Waals surface area contributed by atoms with E-state index in [0.29, 0.717) is 18.7 Å². The van der Waals surface area contributed by atoms with Gasteiger partial charge in [0.1, 0.15) is 0 Å². The molecule has 8 nitrogen and oxygen atoms in total. The molecule has 8 heteroatoms. The molecule has 2 heterocycles. The van der Waals surface area contributed by atoms with Gasteiger partial charge in [0.25, 0.3) is 11.6 Å². The molecule has 0 radical (unpaired) electrons. The Hall–Kier alpha value is -2.90. The molecule has 0 saturated carbocycles. The van der Waals surface area contributed by atoms with Gasteiger partial charge in [-0.25, -0.2) is 0 Å². The van der Waals surface area contributed by atoms with Crippen molar-refractivity contribution in [3.63, 3.8) is 0 Å². The Kier molecular flexibility index (Phi) is 5.73. The molecule has 1 aromatic carbocycles. The van der Waals surface area contributed by atoms with Gasteiger partial charge in [0.05, 0.1) is 21.9 Å². The summed E-state index contributed by atoms with van der Waals surface area (Å²) < 4.78 is 1.92. The lowest BCUT2D eigenvalue weighted by Crippen LogP contribution is -2.28. The number of non-ortho nitro benzene ring substituents is 1. The maximum Gasteiger partial charge on any atom is 0.270 e. The van der Waals surface area contributed by atoms with Gasteiger partial charge in [-0.1, -0.05) is 0 Å². The highest BCUT2D eigenvalue weighted by Gasteiger charge is 2.22. The molecule has 1 aliphatic heterocycles. The van der Waals surface area contributed by atoms with Crippen molar-refractivity contribution in [1.82, 2.24) is 15.1 Å². The number of nitro benzene ring substituents is 1. The van der Waals surface area contributed by atoms with Crippen LogP contribution in [0.3, 0.4) is 0 Å². The van der Waals surface area contributed by atoms with Gasteiger partial charge in [0.2, 0.25) is 0 Å². The average Bonchev–Trinajstić information content (AvgIpc) is 3.27. The lowest BCUT2D eigenvalue weighted by molar-refractivity contribution is -0.384. The van der Waals surface area contributed by atoms with Gasteiger partial charge < -0.3 is 10.2 Å². The second-order valence-corrected chi connectivity index (χ2v) is 6.91. The van der Waals surface area contributed by atoms with Gasteiger partial charge in [0.15, 0.2) is 0 Å². The second-order valence-electron chi connectivity index (χ2n) is 6.91. The van der Waals surface area contributed by atoms with Crippen molar-refractivity contribution in [2.45, 2.75) is 39.7 Å². The van der Waals surface area contributed by atoms with Crippen LogP contribution < -0.4 is 10.2 Å². The number of rotatable bonds is 7. The molecule has 27 heavy (non-hydrogen) atoms. The maximum atomic E-state index is 12.7. The molecular weight excluding hydrogens is 346 g/mol. The number of hydrogen-bond acceptors (Lipinski definition) is 5. The summed E-state index contributed by atoms with van der Waals surface area (Å²) in [5, 5.41) is 18.4. The topological polar surface area (TPSA) is 93.3 Å². The maximum absolute atomic E-state index is 12.7. The van der Waals surface area contributed by atoms with E-state index in [0.717, 1.165) is 49.4 Å². The van der Waals surface area contributed by atoms with Crippen LogP contribution in [0.4, 0.5) is 11.4 Å². The number of aromatic nitrogens is 2. The van der Waals surface area contributed by atoms with E-state index in [1.165, 1.54) is 12.1 Å². The van der Waals surface area contributed by atoms with Crippen LogP contribution in [0, 0.1) is 24.0 Å². The predicted molar refractivity (Wildman–Crippen MR) is 103 cm³/mol. The summed E-state index contributed by atoms with van der Waals surface area (Å²) in [4.78, 5) is 25.5. The number of aryl methyl sites for hydroxylation is 3. The smallest absolute Gasteiger partial charge is 0.270 e.